The van der Waals surface area contributed by atoms with Gasteiger partial charge in [0.2, 0.25) is 0 Å². The maximum atomic E-state index is 12.8. The molecule has 1 amide bonds. The van der Waals surface area contributed by atoms with Gasteiger partial charge in [0.05, 0.1) is 11.5 Å². The predicted molar refractivity (Wildman–Crippen MR) is 63.7 cm³/mol. The topological polar surface area (TPSA) is 59.2 Å². The Morgan fingerprint density at radius 2 is 2.21 bits per heavy atom. The van der Waals surface area contributed by atoms with Gasteiger partial charge in [-0.3, -0.25) is 4.79 Å². The molecule has 0 aliphatic carbocycles. The first-order valence-corrected chi connectivity index (χ1v) is 5.96. The summed E-state index contributed by atoms with van der Waals surface area (Å²) in [5.41, 5.74) is 5.37. The average Bonchev–Trinajstić information content (AvgIpc) is 2.38. The summed E-state index contributed by atoms with van der Waals surface area (Å²) in [4.78, 5) is 16.8. The van der Waals surface area contributed by atoms with Crippen LogP contribution in [-0.2, 0) is 0 Å². The number of aromatic nitrogens is 1. The Bertz CT molecular complexity index is 476. The number of piperidine rings is 1. The predicted octanol–water partition coefficient (Wildman–Crippen LogP) is 1.96. The van der Waals surface area contributed by atoms with Crippen LogP contribution < -0.4 is 10.6 Å². The summed E-state index contributed by atoms with van der Waals surface area (Å²) in [6.45, 7) is 0.269. The largest absolute Gasteiger partial charge is 0.393 e. The highest BCUT2D eigenvalue weighted by Crippen LogP contribution is 2.34. The quantitative estimate of drug-likeness (QED) is 0.896. The molecule has 0 bridgehead atoms. The van der Waals surface area contributed by atoms with Crippen molar-refractivity contribution in [1.29, 1.82) is 0 Å². The summed E-state index contributed by atoms with van der Waals surface area (Å²) in [5.74, 6) is -1.83. The number of hydrogen-bond acceptors (Lipinski definition) is 3. The Labute approximate surface area is 108 Å². The number of carbonyl (C=O) groups is 1. The van der Waals surface area contributed by atoms with Crippen molar-refractivity contribution in [2.45, 2.75) is 19.0 Å². The van der Waals surface area contributed by atoms with Crippen molar-refractivity contribution in [3.63, 3.8) is 0 Å². The molecule has 1 aromatic heterocycles. The fourth-order valence-corrected chi connectivity index (χ4v) is 2.28. The van der Waals surface area contributed by atoms with E-state index in [1.165, 1.54) is 23.2 Å². The highest BCUT2D eigenvalue weighted by molar-refractivity contribution is 5.97. The van der Waals surface area contributed by atoms with Crippen LogP contribution in [0, 0.1) is 5.92 Å². The van der Waals surface area contributed by atoms with Crippen molar-refractivity contribution >= 4 is 11.7 Å². The van der Waals surface area contributed by atoms with E-state index in [0.29, 0.717) is 13.0 Å². The molecule has 0 aromatic carbocycles. The fourth-order valence-electron chi connectivity index (χ4n) is 2.28. The third kappa shape index (κ3) is 2.97. The molecule has 2 rings (SSSR count). The van der Waals surface area contributed by atoms with E-state index in [2.05, 4.69) is 4.98 Å². The fraction of sp³-hybridized carbons (Fsp3) is 0.500. The summed E-state index contributed by atoms with van der Waals surface area (Å²) in [7, 11) is 0. The number of rotatable bonds is 2. The lowest BCUT2D eigenvalue weighted by Crippen LogP contribution is -2.42. The summed E-state index contributed by atoms with van der Waals surface area (Å²) in [6.07, 6.45) is -2.25. The van der Waals surface area contributed by atoms with E-state index in [9.17, 15) is 18.0 Å². The first-order valence-electron chi connectivity index (χ1n) is 5.96. The molecule has 1 saturated heterocycles. The number of nitrogens with two attached hydrogens (primary N) is 1. The van der Waals surface area contributed by atoms with Crippen molar-refractivity contribution in [3.05, 3.63) is 23.9 Å². The molecule has 4 nitrogen and oxygen atoms in total. The number of halogens is 3. The molecule has 1 aliphatic rings. The SMILES string of the molecule is NC(=O)c1cccnc1N1CCC[C@@H](C(F)(F)F)C1. The van der Waals surface area contributed by atoms with Gasteiger partial charge in [-0.2, -0.15) is 13.2 Å². The highest BCUT2D eigenvalue weighted by atomic mass is 19.4. The minimum Gasteiger partial charge on any atom is -0.365 e. The van der Waals surface area contributed by atoms with Crippen LogP contribution in [0.1, 0.15) is 23.2 Å². The molecule has 1 aromatic rings. The van der Waals surface area contributed by atoms with E-state index < -0.39 is 18.0 Å². The van der Waals surface area contributed by atoms with Crippen LogP contribution in [0.3, 0.4) is 0 Å². The highest BCUT2D eigenvalue weighted by Gasteiger charge is 2.42. The van der Waals surface area contributed by atoms with Gasteiger partial charge in [-0.1, -0.05) is 0 Å². The van der Waals surface area contributed by atoms with Crippen molar-refractivity contribution in [2.75, 3.05) is 18.0 Å². The number of primary amides is 1. The maximum absolute atomic E-state index is 12.8. The zero-order chi connectivity index (χ0) is 14.0. The Kier molecular flexibility index (Phi) is 3.64. The minimum absolute atomic E-state index is 0.110. The first kappa shape index (κ1) is 13.6. The number of amides is 1. The van der Waals surface area contributed by atoms with Crippen LogP contribution in [0.4, 0.5) is 19.0 Å². The molecule has 0 saturated carbocycles. The second kappa shape index (κ2) is 5.07. The van der Waals surface area contributed by atoms with Gasteiger partial charge in [0.25, 0.3) is 5.91 Å². The van der Waals surface area contributed by atoms with Crippen molar-refractivity contribution in [3.8, 4) is 0 Å². The van der Waals surface area contributed by atoms with Crippen LogP contribution >= 0.6 is 0 Å². The molecule has 0 unspecified atom stereocenters. The average molecular weight is 273 g/mol. The Morgan fingerprint density at radius 1 is 1.47 bits per heavy atom. The van der Waals surface area contributed by atoms with Gasteiger partial charge in [0.15, 0.2) is 0 Å². The van der Waals surface area contributed by atoms with Gasteiger partial charge in [-0.05, 0) is 25.0 Å². The van der Waals surface area contributed by atoms with Crippen LogP contribution in [0.15, 0.2) is 18.3 Å². The van der Waals surface area contributed by atoms with Gasteiger partial charge >= 0.3 is 6.18 Å². The van der Waals surface area contributed by atoms with Crippen molar-refractivity contribution in [1.82, 2.24) is 4.98 Å². The van der Waals surface area contributed by atoms with E-state index in [1.54, 1.807) is 0 Å². The molecule has 2 N–H and O–H groups in total. The molecule has 1 aliphatic heterocycles. The molecule has 0 radical (unpaired) electrons. The van der Waals surface area contributed by atoms with Crippen LogP contribution in [0.25, 0.3) is 0 Å². The first-order chi connectivity index (χ1) is 8.89. The summed E-state index contributed by atoms with van der Waals surface area (Å²) in [6, 6.07) is 3.01. The Balaban J connectivity index is 2.25. The van der Waals surface area contributed by atoms with Crippen LogP contribution in [0.5, 0.6) is 0 Å². The lowest BCUT2D eigenvalue weighted by Gasteiger charge is -2.35. The molecule has 1 fully saturated rings. The lowest BCUT2D eigenvalue weighted by atomic mass is 9.97. The number of pyridine rings is 1. The number of anilines is 1. The Morgan fingerprint density at radius 3 is 2.84 bits per heavy atom. The van der Waals surface area contributed by atoms with Crippen molar-refractivity contribution < 1.29 is 18.0 Å². The number of carbonyl (C=O) groups excluding carboxylic acids is 1. The smallest absolute Gasteiger partial charge is 0.365 e. The summed E-state index contributed by atoms with van der Waals surface area (Å²) in [5, 5.41) is 0. The van der Waals surface area contributed by atoms with E-state index >= 15 is 0 Å². The van der Waals surface area contributed by atoms with E-state index in [0.717, 1.165) is 0 Å². The molecule has 19 heavy (non-hydrogen) atoms. The molecular formula is C12H14F3N3O. The normalized spacial score (nSPS) is 20.4. The van der Waals surface area contributed by atoms with Gasteiger partial charge in [-0.15, -0.1) is 0 Å². The van der Waals surface area contributed by atoms with Gasteiger partial charge in [0.1, 0.15) is 5.82 Å². The molecule has 7 heteroatoms. The van der Waals surface area contributed by atoms with Gasteiger partial charge in [-0.25, -0.2) is 4.98 Å². The molecule has 0 spiro atoms. The van der Waals surface area contributed by atoms with Gasteiger partial charge in [0, 0.05) is 19.3 Å². The van der Waals surface area contributed by atoms with E-state index in [4.69, 9.17) is 5.73 Å². The molecule has 104 valence electrons. The van der Waals surface area contributed by atoms with E-state index in [1.807, 2.05) is 0 Å². The summed E-state index contributed by atoms with van der Waals surface area (Å²) >= 11 is 0. The number of hydrogen-bond donors (Lipinski definition) is 1. The monoisotopic (exact) mass is 273 g/mol. The zero-order valence-electron chi connectivity index (χ0n) is 10.2. The second-order valence-corrected chi connectivity index (χ2v) is 4.57. The number of nitrogens with zero attached hydrogens (tertiary/aromatic N) is 2. The standard InChI is InChI=1S/C12H14F3N3O/c13-12(14,15)8-3-2-6-18(7-8)11-9(10(16)19)4-1-5-17-11/h1,4-5,8H,2-3,6-7H2,(H2,16,19)/t8-/m1/s1. The third-order valence-corrected chi connectivity index (χ3v) is 3.24. The maximum Gasteiger partial charge on any atom is 0.393 e. The van der Waals surface area contributed by atoms with Crippen LogP contribution in [0.2, 0.25) is 0 Å². The second-order valence-electron chi connectivity index (χ2n) is 4.57. The third-order valence-electron chi connectivity index (χ3n) is 3.24. The summed E-state index contributed by atoms with van der Waals surface area (Å²) < 4.78 is 38.3. The molecule has 1 atom stereocenters. The van der Waals surface area contributed by atoms with Crippen LogP contribution in [-0.4, -0.2) is 30.2 Å². The zero-order valence-corrected chi connectivity index (χ0v) is 10.2. The van der Waals surface area contributed by atoms with Crippen molar-refractivity contribution in [2.24, 2.45) is 11.7 Å². The Hall–Kier alpha value is -1.79. The molecular weight excluding hydrogens is 259 g/mol. The minimum atomic E-state index is -4.22. The number of alkyl halides is 3. The molecule has 2 heterocycles. The lowest BCUT2D eigenvalue weighted by molar-refractivity contribution is -0.176. The van der Waals surface area contributed by atoms with E-state index in [-0.39, 0.29) is 24.3 Å². The van der Waals surface area contributed by atoms with Gasteiger partial charge < -0.3 is 10.6 Å².